The molecule has 0 aromatic carbocycles. The second kappa shape index (κ2) is 80.8. The first-order valence-corrected chi connectivity index (χ1v) is 42.1. The first kappa shape index (κ1) is 89.3. The number of rotatable bonds is 80. The number of aliphatic hydroxyl groups is 2. The first-order chi connectivity index (χ1) is 45.0. The topological polar surface area (TPSA) is 95.9 Å². The molecule has 0 bridgehead atoms. The van der Waals surface area contributed by atoms with Gasteiger partial charge in [0.25, 0.3) is 0 Å². The van der Waals surface area contributed by atoms with Gasteiger partial charge in [-0.3, -0.25) is 9.59 Å². The molecule has 0 aromatic rings. The number of carbonyl (C=O) groups excluding carboxylic acids is 2. The van der Waals surface area contributed by atoms with Crippen molar-refractivity contribution in [3.05, 3.63) is 24.3 Å². The molecule has 0 heterocycles. The Kier molecular flexibility index (Phi) is 79.3. The lowest BCUT2D eigenvalue weighted by Gasteiger charge is -2.22. The van der Waals surface area contributed by atoms with Crippen LogP contribution in [0.5, 0.6) is 0 Å². The van der Waals surface area contributed by atoms with Crippen molar-refractivity contribution in [1.82, 2.24) is 5.32 Å². The van der Waals surface area contributed by atoms with Crippen LogP contribution in [-0.2, 0) is 14.3 Å². The molecule has 6 nitrogen and oxygen atoms in total. The number of amides is 1. The molecule has 0 aliphatic rings. The number of esters is 1. The van der Waals surface area contributed by atoms with E-state index < -0.39 is 12.1 Å². The van der Waals surface area contributed by atoms with Crippen LogP contribution in [0.3, 0.4) is 0 Å². The lowest BCUT2D eigenvalue weighted by molar-refractivity contribution is -0.143. The molecule has 0 saturated heterocycles. The minimum absolute atomic E-state index is 0.0161. The molecule has 540 valence electrons. The summed E-state index contributed by atoms with van der Waals surface area (Å²) in [7, 11) is 0. The molecule has 0 aliphatic carbocycles. The molecule has 0 aromatic heterocycles. The molecule has 2 atom stereocenters. The number of allylic oxidation sites excluding steroid dienone is 4. The van der Waals surface area contributed by atoms with Crippen LogP contribution in [0.25, 0.3) is 0 Å². The van der Waals surface area contributed by atoms with Gasteiger partial charge in [-0.15, -0.1) is 0 Å². The zero-order valence-corrected chi connectivity index (χ0v) is 62.1. The summed E-state index contributed by atoms with van der Waals surface area (Å²) in [5, 5.41) is 23.5. The molecule has 0 fully saturated rings. The van der Waals surface area contributed by atoms with Crippen LogP contribution < -0.4 is 5.32 Å². The van der Waals surface area contributed by atoms with Gasteiger partial charge in [0.05, 0.1) is 25.4 Å². The Hall–Kier alpha value is -1.66. The van der Waals surface area contributed by atoms with Crippen LogP contribution >= 0.6 is 0 Å². The van der Waals surface area contributed by atoms with Gasteiger partial charge >= 0.3 is 5.97 Å². The fourth-order valence-electron chi connectivity index (χ4n) is 13.6. The van der Waals surface area contributed by atoms with Gasteiger partial charge in [0.2, 0.25) is 5.91 Å². The van der Waals surface area contributed by atoms with Crippen molar-refractivity contribution in [3.8, 4) is 0 Å². The molecule has 0 spiro atoms. The van der Waals surface area contributed by atoms with Crippen molar-refractivity contribution in [2.24, 2.45) is 0 Å². The number of nitrogens with one attached hydrogen (secondary N) is 1. The Morgan fingerprint density at radius 2 is 0.516 bits per heavy atom. The van der Waals surface area contributed by atoms with E-state index in [1.807, 2.05) is 0 Å². The Labute approximate surface area is 571 Å². The average molecular weight is 1280 g/mol. The molecule has 0 radical (unpaired) electrons. The highest BCUT2D eigenvalue weighted by Gasteiger charge is 2.20. The van der Waals surface area contributed by atoms with Gasteiger partial charge in [0.1, 0.15) is 0 Å². The van der Waals surface area contributed by atoms with E-state index in [0.717, 1.165) is 44.9 Å². The van der Waals surface area contributed by atoms with Crippen molar-refractivity contribution >= 4 is 11.9 Å². The highest BCUT2D eigenvalue weighted by Crippen LogP contribution is 2.20. The first-order valence-electron chi connectivity index (χ1n) is 42.1. The Morgan fingerprint density at radius 3 is 0.780 bits per heavy atom. The number of aliphatic hydroxyl groups excluding tert-OH is 2. The maximum absolute atomic E-state index is 12.6. The molecule has 2 unspecified atom stereocenters. The molecule has 3 N–H and O–H groups in total. The van der Waals surface area contributed by atoms with E-state index in [-0.39, 0.29) is 18.5 Å². The average Bonchev–Trinajstić information content (AvgIpc) is 3.66. The number of unbranched alkanes of at least 4 members (excludes halogenated alkanes) is 65. The van der Waals surface area contributed by atoms with Gasteiger partial charge in [0, 0.05) is 12.8 Å². The van der Waals surface area contributed by atoms with Crippen molar-refractivity contribution in [2.75, 3.05) is 13.2 Å². The lowest BCUT2D eigenvalue weighted by atomic mass is 10.0. The molecule has 6 heteroatoms. The summed E-state index contributed by atoms with van der Waals surface area (Å²) >= 11 is 0. The highest BCUT2D eigenvalue weighted by atomic mass is 16.5. The van der Waals surface area contributed by atoms with E-state index in [1.54, 1.807) is 0 Å². The fourth-order valence-corrected chi connectivity index (χ4v) is 13.6. The number of carbonyl (C=O) groups is 2. The van der Waals surface area contributed by atoms with Crippen molar-refractivity contribution in [1.29, 1.82) is 0 Å². The maximum Gasteiger partial charge on any atom is 0.305 e. The zero-order valence-electron chi connectivity index (χ0n) is 62.1. The Morgan fingerprint density at radius 1 is 0.297 bits per heavy atom. The second-order valence-electron chi connectivity index (χ2n) is 29.2. The van der Waals surface area contributed by atoms with Gasteiger partial charge < -0.3 is 20.3 Å². The number of ether oxygens (including phenoxy) is 1. The smallest absolute Gasteiger partial charge is 0.305 e. The van der Waals surface area contributed by atoms with Gasteiger partial charge in [-0.05, 0) is 77.0 Å². The molecule has 91 heavy (non-hydrogen) atoms. The van der Waals surface area contributed by atoms with Crippen LogP contribution in [-0.4, -0.2) is 47.4 Å². The summed E-state index contributed by atoms with van der Waals surface area (Å²) in [6.07, 6.45) is 104. The molecular formula is C85H165NO5. The lowest BCUT2D eigenvalue weighted by Crippen LogP contribution is -2.45. The summed E-state index contributed by atoms with van der Waals surface area (Å²) in [6, 6.07) is -0.541. The SMILES string of the molecule is CCCCCCCC/C=C\CCCCCCCCCC(=O)OCCCCCCCCCCCCCC/C=C\CCCCCCCCCCCCCCCCCCC(=O)NC(CO)C(O)CCCCCCCCCCCCCCCCCCCCCCCCCCC. The van der Waals surface area contributed by atoms with Gasteiger partial charge in [-0.1, -0.05) is 417 Å². The van der Waals surface area contributed by atoms with Gasteiger partial charge in [-0.2, -0.15) is 0 Å². The zero-order chi connectivity index (χ0) is 65.6. The Balaban J connectivity index is 3.35. The third-order valence-corrected chi connectivity index (χ3v) is 20.0. The van der Waals surface area contributed by atoms with Crippen LogP contribution in [0.15, 0.2) is 24.3 Å². The standard InChI is InChI=1S/C85H165NO5/c1-3-5-7-9-11-13-15-17-19-21-22-23-24-33-36-39-42-46-49-53-57-61-65-69-73-77-83(88)82(81-87)86-84(89)78-74-70-66-62-58-54-50-47-43-40-37-34-31-29-27-25-26-28-30-32-35-38-41-44-48-52-56-60-64-68-72-76-80-91-85(90)79-75-71-67-63-59-55-51-45-20-18-16-14-12-10-8-6-4-2/h18,20,28,30,82-83,87-88H,3-17,19,21-27,29,31-81H2,1-2H3,(H,86,89)/b20-18-,30-28-. The van der Waals surface area contributed by atoms with E-state index in [0.29, 0.717) is 25.9 Å². The van der Waals surface area contributed by atoms with Crippen molar-refractivity contribution in [3.63, 3.8) is 0 Å². The van der Waals surface area contributed by atoms with Crippen LogP contribution in [0.4, 0.5) is 0 Å². The number of hydrogen-bond donors (Lipinski definition) is 3. The summed E-state index contributed by atoms with van der Waals surface area (Å²) < 4.78 is 5.51. The molecule has 0 rings (SSSR count). The van der Waals surface area contributed by atoms with Gasteiger partial charge in [0.15, 0.2) is 0 Å². The molecule has 0 saturated carbocycles. The largest absolute Gasteiger partial charge is 0.466 e. The molecule has 1 amide bonds. The summed E-state index contributed by atoms with van der Waals surface area (Å²) in [5.41, 5.74) is 0. The van der Waals surface area contributed by atoms with E-state index >= 15 is 0 Å². The summed E-state index contributed by atoms with van der Waals surface area (Å²) in [5.74, 6) is -0.00998. The summed E-state index contributed by atoms with van der Waals surface area (Å²) in [4.78, 5) is 24.7. The van der Waals surface area contributed by atoms with E-state index in [4.69, 9.17) is 4.74 Å². The fraction of sp³-hybridized carbons (Fsp3) is 0.929. The molecule has 0 aliphatic heterocycles. The van der Waals surface area contributed by atoms with E-state index in [2.05, 4.69) is 43.5 Å². The third-order valence-electron chi connectivity index (χ3n) is 20.0. The number of hydrogen-bond acceptors (Lipinski definition) is 5. The van der Waals surface area contributed by atoms with Crippen LogP contribution in [0.1, 0.15) is 483 Å². The van der Waals surface area contributed by atoms with Crippen LogP contribution in [0.2, 0.25) is 0 Å². The minimum Gasteiger partial charge on any atom is -0.466 e. The van der Waals surface area contributed by atoms with Gasteiger partial charge in [-0.25, -0.2) is 0 Å². The van der Waals surface area contributed by atoms with Crippen molar-refractivity contribution < 1.29 is 24.5 Å². The van der Waals surface area contributed by atoms with Crippen molar-refractivity contribution in [2.45, 2.75) is 495 Å². The summed E-state index contributed by atoms with van der Waals surface area (Å²) in [6.45, 7) is 5.01. The normalized spacial score (nSPS) is 12.5. The second-order valence-corrected chi connectivity index (χ2v) is 29.2. The maximum atomic E-state index is 12.6. The monoisotopic (exact) mass is 1280 g/mol. The predicted octanol–water partition coefficient (Wildman–Crippen LogP) is 28.0. The predicted molar refractivity (Wildman–Crippen MR) is 403 cm³/mol. The molecular weight excluding hydrogens is 1110 g/mol. The quantitative estimate of drug-likeness (QED) is 0.0320. The third kappa shape index (κ3) is 77.2. The van der Waals surface area contributed by atoms with Crippen LogP contribution in [0, 0.1) is 0 Å². The van der Waals surface area contributed by atoms with E-state index in [1.165, 1.54) is 405 Å². The minimum atomic E-state index is -0.664. The highest BCUT2D eigenvalue weighted by molar-refractivity contribution is 5.76. The Bertz CT molecular complexity index is 1430. The van der Waals surface area contributed by atoms with E-state index in [9.17, 15) is 19.8 Å².